The monoisotopic (exact) mass is 275 g/mol. The molecule has 1 aromatic heterocycles. The van der Waals surface area contributed by atoms with Crippen LogP contribution in [0.5, 0.6) is 0 Å². The largest absolute Gasteiger partial charge is 0.396 e. The summed E-state index contributed by atoms with van der Waals surface area (Å²) in [5.74, 6) is 0.729. The minimum atomic E-state index is 0.460. The molecule has 0 aliphatic rings. The Morgan fingerprint density at radius 1 is 1.16 bits per heavy atom. The van der Waals surface area contributed by atoms with Crippen LogP contribution in [0.25, 0.3) is 0 Å². The Morgan fingerprint density at radius 2 is 1.89 bits per heavy atom. The van der Waals surface area contributed by atoms with Crippen LogP contribution in [0, 0.1) is 0 Å². The lowest BCUT2D eigenvalue weighted by atomic mass is 10.2. The molecule has 4 heteroatoms. The lowest BCUT2D eigenvalue weighted by molar-refractivity contribution is 0.780. The average molecular weight is 276 g/mol. The molecule has 0 saturated heterocycles. The van der Waals surface area contributed by atoms with Gasteiger partial charge in [0, 0.05) is 12.2 Å². The van der Waals surface area contributed by atoms with Gasteiger partial charge in [-0.1, -0.05) is 43.1 Å². The topological polar surface area (TPSA) is 42.2 Å². The number of para-hydroxylation sites is 1. The summed E-state index contributed by atoms with van der Waals surface area (Å²) in [7, 11) is 0. The maximum atomic E-state index is 6.04. The molecule has 0 fully saturated rings. The van der Waals surface area contributed by atoms with E-state index in [1.165, 1.54) is 0 Å². The standard InChI is InChI=1S/C15H18ClN3/c1-2-3-11-19(12-7-5-4-6-8-12)15-13(17)9-10-14(16)18-15/h4-10H,2-3,11,17H2,1H3. The quantitative estimate of drug-likeness (QED) is 0.829. The number of anilines is 3. The van der Waals surface area contributed by atoms with Crippen LogP contribution in [0.2, 0.25) is 5.15 Å². The number of halogens is 1. The molecule has 0 unspecified atom stereocenters. The molecule has 100 valence electrons. The number of nitrogens with two attached hydrogens (primary N) is 1. The molecule has 0 aliphatic carbocycles. The number of unbranched alkanes of at least 4 members (excludes halogenated alkanes) is 1. The molecule has 2 aromatic rings. The highest BCUT2D eigenvalue weighted by atomic mass is 35.5. The third-order valence-corrected chi connectivity index (χ3v) is 3.14. The Balaban J connectivity index is 2.40. The molecule has 2 rings (SSSR count). The lowest BCUT2D eigenvalue weighted by Crippen LogP contribution is -2.20. The molecule has 3 nitrogen and oxygen atoms in total. The van der Waals surface area contributed by atoms with E-state index in [9.17, 15) is 0 Å². The summed E-state index contributed by atoms with van der Waals surface area (Å²) in [4.78, 5) is 6.48. The molecule has 2 N–H and O–H groups in total. The summed E-state index contributed by atoms with van der Waals surface area (Å²) in [6.07, 6.45) is 2.19. The van der Waals surface area contributed by atoms with E-state index >= 15 is 0 Å². The van der Waals surface area contributed by atoms with E-state index in [0.29, 0.717) is 10.8 Å². The molecule has 0 bridgehead atoms. The zero-order chi connectivity index (χ0) is 13.7. The zero-order valence-corrected chi connectivity index (χ0v) is 11.8. The molecule has 1 heterocycles. The highest BCUT2D eigenvalue weighted by Gasteiger charge is 2.13. The van der Waals surface area contributed by atoms with E-state index in [2.05, 4.69) is 28.9 Å². The van der Waals surface area contributed by atoms with E-state index in [-0.39, 0.29) is 0 Å². The van der Waals surface area contributed by atoms with Gasteiger partial charge in [0.2, 0.25) is 0 Å². The number of nitrogens with zero attached hydrogens (tertiary/aromatic N) is 2. The second-order valence-electron chi connectivity index (χ2n) is 4.39. The third-order valence-electron chi connectivity index (χ3n) is 2.93. The Bertz CT molecular complexity index is 528. The Hall–Kier alpha value is -1.74. The van der Waals surface area contributed by atoms with Gasteiger partial charge in [0.1, 0.15) is 5.15 Å². The van der Waals surface area contributed by atoms with Gasteiger partial charge in [0.05, 0.1) is 5.69 Å². The van der Waals surface area contributed by atoms with Gasteiger partial charge >= 0.3 is 0 Å². The molecule has 0 amide bonds. The van der Waals surface area contributed by atoms with Crippen molar-refractivity contribution in [3.05, 3.63) is 47.6 Å². The molecule has 0 radical (unpaired) electrons. The van der Waals surface area contributed by atoms with E-state index in [0.717, 1.165) is 30.9 Å². The minimum Gasteiger partial charge on any atom is -0.396 e. The van der Waals surface area contributed by atoms with Crippen molar-refractivity contribution in [2.24, 2.45) is 0 Å². The Morgan fingerprint density at radius 3 is 2.58 bits per heavy atom. The molecule has 0 atom stereocenters. The fraction of sp³-hybridized carbons (Fsp3) is 0.267. The molecule has 0 spiro atoms. The first-order valence-electron chi connectivity index (χ1n) is 6.47. The summed E-state index contributed by atoms with van der Waals surface area (Å²) in [5.41, 5.74) is 7.76. The second-order valence-corrected chi connectivity index (χ2v) is 4.77. The van der Waals surface area contributed by atoms with Crippen molar-refractivity contribution >= 4 is 28.8 Å². The smallest absolute Gasteiger partial charge is 0.157 e. The minimum absolute atomic E-state index is 0.460. The van der Waals surface area contributed by atoms with Crippen molar-refractivity contribution in [1.82, 2.24) is 4.98 Å². The predicted molar refractivity (Wildman–Crippen MR) is 82.0 cm³/mol. The van der Waals surface area contributed by atoms with Gasteiger partial charge in [-0.05, 0) is 30.7 Å². The van der Waals surface area contributed by atoms with E-state index < -0.39 is 0 Å². The van der Waals surface area contributed by atoms with Crippen LogP contribution in [0.3, 0.4) is 0 Å². The zero-order valence-electron chi connectivity index (χ0n) is 11.0. The summed E-state index contributed by atoms with van der Waals surface area (Å²) in [5, 5.41) is 0.460. The summed E-state index contributed by atoms with van der Waals surface area (Å²) in [6.45, 7) is 3.04. The maximum absolute atomic E-state index is 6.04. The highest BCUT2D eigenvalue weighted by molar-refractivity contribution is 6.29. The molecule has 0 aliphatic heterocycles. The van der Waals surface area contributed by atoms with Crippen molar-refractivity contribution in [2.45, 2.75) is 19.8 Å². The van der Waals surface area contributed by atoms with Gasteiger partial charge in [0.25, 0.3) is 0 Å². The van der Waals surface area contributed by atoms with Crippen LogP contribution in [-0.4, -0.2) is 11.5 Å². The molecular formula is C15H18ClN3. The first kappa shape index (κ1) is 13.7. The van der Waals surface area contributed by atoms with Crippen molar-refractivity contribution in [2.75, 3.05) is 17.2 Å². The fourth-order valence-corrected chi connectivity index (χ4v) is 2.08. The first-order valence-corrected chi connectivity index (χ1v) is 6.84. The van der Waals surface area contributed by atoms with Gasteiger partial charge < -0.3 is 10.6 Å². The number of benzene rings is 1. The van der Waals surface area contributed by atoms with Crippen LogP contribution < -0.4 is 10.6 Å². The normalized spacial score (nSPS) is 10.4. The number of hydrogen-bond acceptors (Lipinski definition) is 3. The number of aromatic nitrogens is 1. The molecule has 0 saturated carbocycles. The Kier molecular flexibility index (Phi) is 4.63. The van der Waals surface area contributed by atoms with Crippen LogP contribution in [-0.2, 0) is 0 Å². The van der Waals surface area contributed by atoms with Gasteiger partial charge in [0.15, 0.2) is 5.82 Å². The number of rotatable bonds is 5. The molecular weight excluding hydrogens is 258 g/mol. The highest BCUT2D eigenvalue weighted by Crippen LogP contribution is 2.29. The van der Waals surface area contributed by atoms with E-state index in [1.807, 2.05) is 18.2 Å². The number of pyridine rings is 1. The van der Waals surface area contributed by atoms with Gasteiger partial charge in [-0.2, -0.15) is 0 Å². The molecule has 1 aromatic carbocycles. The second kappa shape index (κ2) is 6.43. The van der Waals surface area contributed by atoms with Gasteiger partial charge in [-0.3, -0.25) is 0 Å². The van der Waals surface area contributed by atoms with Crippen LogP contribution >= 0.6 is 11.6 Å². The first-order chi connectivity index (χ1) is 9.22. The average Bonchev–Trinajstić information content (AvgIpc) is 2.44. The van der Waals surface area contributed by atoms with Crippen molar-refractivity contribution in [3.63, 3.8) is 0 Å². The van der Waals surface area contributed by atoms with Crippen LogP contribution in [0.1, 0.15) is 19.8 Å². The van der Waals surface area contributed by atoms with Gasteiger partial charge in [-0.15, -0.1) is 0 Å². The van der Waals surface area contributed by atoms with Gasteiger partial charge in [-0.25, -0.2) is 4.98 Å². The Labute approximate surface area is 119 Å². The van der Waals surface area contributed by atoms with E-state index in [4.69, 9.17) is 17.3 Å². The summed E-state index contributed by atoms with van der Waals surface area (Å²) < 4.78 is 0. The number of nitrogen functional groups attached to an aromatic ring is 1. The van der Waals surface area contributed by atoms with Crippen molar-refractivity contribution < 1.29 is 0 Å². The fourth-order valence-electron chi connectivity index (χ4n) is 1.93. The van der Waals surface area contributed by atoms with E-state index in [1.54, 1.807) is 12.1 Å². The SMILES string of the molecule is CCCCN(c1ccccc1)c1nc(Cl)ccc1N. The third kappa shape index (κ3) is 3.38. The van der Waals surface area contributed by atoms with Crippen molar-refractivity contribution in [3.8, 4) is 0 Å². The van der Waals surface area contributed by atoms with Crippen LogP contribution in [0.15, 0.2) is 42.5 Å². The molecule has 19 heavy (non-hydrogen) atoms. The van der Waals surface area contributed by atoms with Crippen molar-refractivity contribution in [1.29, 1.82) is 0 Å². The maximum Gasteiger partial charge on any atom is 0.157 e. The summed E-state index contributed by atoms with van der Waals surface area (Å²) in [6, 6.07) is 13.6. The summed E-state index contributed by atoms with van der Waals surface area (Å²) >= 11 is 5.99. The lowest BCUT2D eigenvalue weighted by Gasteiger charge is -2.25. The predicted octanol–water partition coefficient (Wildman–Crippen LogP) is 4.26. The number of hydrogen-bond donors (Lipinski definition) is 1. The van der Waals surface area contributed by atoms with Crippen LogP contribution in [0.4, 0.5) is 17.2 Å².